The molecule has 0 fully saturated rings. The molecule has 1 heterocycles. The first-order valence-corrected chi connectivity index (χ1v) is 4.17. The van der Waals surface area contributed by atoms with Gasteiger partial charge in [-0.15, -0.1) is 0 Å². The van der Waals surface area contributed by atoms with Gasteiger partial charge in [-0.25, -0.2) is 0 Å². The van der Waals surface area contributed by atoms with Gasteiger partial charge in [-0.05, 0) is 24.6 Å². The molecule has 0 aliphatic carbocycles. The average molecular weight is 204 g/mol. The number of hydrogen-bond acceptors (Lipinski definition) is 3. The Bertz CT molecular complexity index is 297. The lowest BCUT2D eigenvalue weighted by atomic mass is 10.3. The van der Waals surface area contributed by atoms with E-state index in [0.717, 1.165) is 0 Å². The summed E-state index contributed by atoms with van der Waals surface area (Å²) in [6.45, 7) is 1.58. The van der Waals surface area contributed by atoms with E-state index in [4.69, 9.17) is 21.1 Å². The molecule has 13 heavy (non-hydrogen) atoms. The molecule has 0 bridgehead atoms. The van der Waals surface area contributed by atoms with Crippen molar-refractivity contribution in [3.05, 3.63) is 23.1 Å². The first-order valence-electron chi connectivity index (χ1n) is 3.80. The van der Waals surface area contributed by atoms with Crippen LogP contribution in [0.3, 0.4) is 0 Å². The number of furan rings is 1. The van der Waals surface area contributed by atoms with Gasteiger partial charge in [0.2, 0.25) is 5.22 Å². The summed E-state index contributed by atoms with van der Waals surface area (Å²) < 4.78 is 4.74. The van der Waals surface area contributed by atoms with Gasteiger partial charge in [-0.2, -0.15) is 0 Å². The molecule has 0 saturated carbocycles. The molecule has 5 heteroatoms. The minimum Gasteiger partial charge on any atom is -0.452 e. The van der Waals surface area contributed by atoms with Crippen LogP contribution in [-0.2, 0) is 0 Å². The third-order valence-corrected chi connectivity index (χ3v) is 1.81. The summed E-state index contributed by atoms with van der Waals surface area (Å²) in [5.74, 6) is -0.347. The first-order chi connectivity index (χ1) is 6.15. The van der Waals surface area contributed by atoms with Crippen molar-refractivity contribution in [1.29, 1.82) is 0 Å². The number of rotatable bonds is 3. The maximum atomic E-state index is 11.3. The molecule has 4 nitrogen and oxygen atoms in total. The minimum atomic E-state index is -0.347. The summed E-state index contributed by atoms with van der Waals surface area (Å²) >= 11 is 5.57. The Hall–Kier alpha value is -1.00. The normalized spacial score (nSPS) is 12.5. The molecule has 1 rings (SSSR count). The van der Waals surface area contributed by atoms with Crippen LogP contribution in [0.4, 0.5) is 0 Å². The van der Waals surface area contributed by atoms with Gasteiger partial charge in [0.1, 0.15) is 0 Å². The number of halogens is 1. The van der Waals surface area contributed by atoms with Gasteiger partial charge >= 0.3 is 0 Å². The highest BCUT2D eigenvalue weighted by Gasteiger charge is 2.14. The zero-order valence-corrected chi connectivity index (χ0v) is 7.84. The van der Waals surface area contributed by atoms with Crippen molar-refractivity contribution in [2.75, 3.05) is 6.61 Å². The molecule has 0 aromatic carbocycles. The van der Waals surface area contributed by atoms with Crippen LogP contribution in [0.5, 0.6) is 0 Å². The van der Waals surface area contributed by atoms with Gasteiger partial charge < -0.3 is 14.8 Å². The average Bonchev–Trinajstić information content (AvgIpc) is 2.51. The van der Waals surface area contributed by atoms with Crippen LogP contribution >= 0.6 is 11.6 Å². The van der Waals surface area contributed by atoms with Gasteiger partial charge in [0.15, 0.2) is 0 Å². The topological polar surface area (TPSA) is 62.5 Å². The number of amides is 1. The van der Waals surface area contributed by atoms with E-state index in [0.29, 0.717) is 0 Å². The van der Waals surface area contributed by atoms with Crippen molar-refractivity contribution >= 4 is 17.5 Å². The summed E-state index contributed by atoms with van der Waals surface area (Å²) in [7, 11) is 0. The van der Waals surface area contributed by atoms with Crippen LogP contribution in [0, 0.1) is 0 Å². The SMILES string of the molecule is C[C@@H](CO)NC(=O)c1ccoc1Cl. The van der Waals surface area contributed by atoms with E-state index >= 15 is 0 Å². The Morgan fingerprint density at radius 3 is 3.00 bits per heavy atom. The third kappa shape index (κ3) is 2.47. The van der Waals surface area contributed by atoms with Crippen LogP contribution in [0.1, 0.15) is 17.3 Å². The Morgan fingerprint density at radius 2 is 2.54 bits per heavy atom. The van der Waals surface area contributed by atoms with Crippen LogP contribution in [0.2, 0.25) is 5.22 Å². The molecular weight excluding hydrogens is 194 g/mol. The second-order valence-electron chi connectivity index (χ2n) is 2.67. The van der Waals surface area contributed by atoms with E-state index in [1.807, 2.05) is 0 Å². The van der Waals surface area contributed by atoms with Crippen molar-refractivity contribution in [2.24, 2.45) is 0 Å². The highest BCUT2D eigenvalue weighted by Crippen LogP contribution is 2.16. The van der Waals surface area contributed by atoms with Crippen molar-refractivity contribution in [1.82, 2.24) is 5.32 Å². The van der Waals surface area contributed by atoms with Crippen LogP contribution in [-0.4, -0.2) is 23.7 Å². The summed E-state index contributed by atoms with van der Waals surface area (Å²) in [6.07, 6.45) is 1.33. The largest absolute Gasteiger partial charge is 0.452 e. The zero-order valence-electron chi connectivity index (χ0n) is 7.08. The number of hydrogen-bond donors (Lipinski definition) is 2. The van der Waals surface area contributed by atoms with Gasteiger partial charge in [0.25, 0.3) is 5.91 Å². The van der Waals surface area contributed by atoms with Crippen molar-refractivity contribution in [3.8, 4) is 0 Å². The number of aliphatic hydroxyl groups is 1. The van der Waals surface area contributed by atoms with E-state index in [9.17, 15) is 4.79 Å². The molecule has 2 N–H and O–H groups in total. The molecule has 0 spiro atoms. The molecule has 1 aromatic heterocycles. The Labute approximate surface area is 80.5 Å². The summed E-state index contributed by atoms with van der Waals surface area (Å²) in [5, 5.41) is 11.3. The second kappa shape index (κ2) is 4.30. The third-order valence-electron chi connectivity index (χ3n) is 1.51. The lowest BCUT2D eigenvalue weighted by molar-refractivity contribution is 0.0922. The monoisotopic (exact) mass is 203 g/mol. The Morgan fingerprint density at radius 1 is 1.85 bits per heavy atom. The van der Waals surface area contributed by atoms with Crippen molar-refractivity contribution in [2.45, 2.75) is 13.0 Å². The standard InChI is InChI=1S/C8H10ClNO3/c1-5(4-11)10-8(12)6-2-3-13-7(6)9/h2-3,5,11H,4H2,1H3,(H,10,12)/t5-/m0/s1. The van der Waals surface area contributed by atoms with E-state index in [1.165, 1.54) is 12.3 Å². The quantitative estimate of drug-likeness (QED) is 0.772. The van der Waals surface area contributed by atoms with Crippen molar-refractivity contribution < 1.29 is 14.3 Å². The van der Waals surface area contributed by atoms with Crippen LogP contribution < -0.4 is 5.32 Å². The maximum absolute atomic E-state index is 11.3. The number of nitrogens with one attached hydrogen (secondary N) is 1. The predicted molar refractivity (Wildman–Crippen MR) is 47.7 cm³/mol. The minimum absolute atomic E-state index is 0.0580. The Balaban J connectivity index is 2.64. The predicted octanol–water partition coefficient (Wildman–Crippen LogP) is 1.04. The highest BCUT2D eigenvalue weighted by atomic mass is 35.5. The fourth-order valence-electron chi connectivity index (χ4n) is 0.803. The smallest absolute Gasteiger partial charge is 0.256 e. The molecule has 0 radical (unpaired) electrons. The fourth-order valence-corrected chi connectivity index (χ4v) is 1.00. The highest BCUT2D eigenvalue weighted by molar-refractivity contribution is 6.32. The molecule has 0 saturated heterocycles. The first kappa shape index (κ1) is 10.1. The fraction of sp³-hybridized carbons (Fsp3) is 0.375. The van der Waals surface area contributed by atoms with Gasteiger partial charge in [0, 0.05) is 6.04 Å². The summed E-state index contributed by atoms with van der Waals surface area (Å²) in [4.78, 5) is 11.3. The summed E-state index contributed by atoms with van der Waals surface area (Å²) in [6, 6.07) is 1.18. The van der Waals surface area contributed by atoms with Crippen molar-refractivity contribution in [3.63, 3.8) is 0 Å². The molecular formula is C8H10ClNO3. The van der Waals surface area contributed by atoms with E-state index in [1.54, 1.807) is 6.92 Å². The van der Waals surface area contributed by atoms with E-state index in [2.05, 4.69) is 5.32 Å². The van der Waals surface area contributed by atoms with Gasteiger partial charge in [-0.3, -0.25) is 4.79 Å². The van der Waals surface area contributed by atoms with E-state index < -0.39 is 0 Å². The molecule has 1 atom stereocenters. The second-order valence-corrected chi connectivity index (χ2v) is 3.01. The van der Waals surface area contributed by atoms with Crippen LogP contribution in [0.15, 0.2) is 16.7 Å². The number of aliphatic hydroxyl groups excluding tert-OH is 1. The molecule has 1 amide bonds. The molecule has 72 valence electrons. The van der Waals surface area contributed by atoms with Gasteiger partial charge in [0.05, 0.1) is 18.4 Å². The number of carbonyl (C=O) groups is 1. The Kier molecular flexibility index (Phi) is 3.33. The number of carbonyl (C=O) groups excluding carboxylic acids is 1. The molecule has 1 aromatic rings. The molecule has 0 aliphatic rings. The molecule has 0 aliphatic heterocycles. The summed E-state index contributed by atoms with van der Waals surface area (Å²) in [5.41, 5.74) is 0.280. The van der Waals surface area contributed by atoms with E-state index in [-0.39, 0.29) is 29.3 Å². The zero-order chi connectivity index (χ0) is 9.84. The van der Waals surface area contributed by atoms with Gasteiger partial charge in [-0.1, -0.05) is 0 Å². The lowest BCUT2D eigenvalue weighted by Crippen LogP contribution is -2.34. The molecule has 0 unspecified atom stereocenters. The van der Waals surface area contributed by atoms with Crippen LogP contribution in [0.25, 0.3) is 0 Å². The lowest BCUT2D eigenvalue weighted by Gasteiger charge is -2.09. The maximum Gasteiger partial charge on any atom is 0.256 e.